The molecule has 26 heavy (non-hydrogen) atoms. The van der Waals surface area contributed by atoms with Gasteiger partial charge in [-0.15, -0.1) is 11.8 Å². The monoisotopic (exact) mass is 377 g/mol. The van der Waals surface area contributed by atoms with Crippen LogP contribution < -0.4 is 10.1 Å². The van der Waals surface area contributed by atoms with Gasteiger partial charge in [0.25, 0.3) is 0 Å². The topological polar surface area (TPSA) is 75.6 Å². The number of carboxylic acids is 1. The van der Waals surface area contributed by atoms with E-state index in [1.54, 1.807) is 0 Å². The summed E-state index contributed by atoms with van der Waals surface area (Å²) in [5.74, 6) is -1.76. The molecule has 138 valence electrons. The summed E-state index contributed by atoms with van der Waals surface area (Å²) in [5.41, 5.74) is 0.443. The lowest BCUT2D eigenvalue weighted by Gasteiger charge is -2.14. The van der Waals surface area contributed by atoms with Gasteiger partial charge in [0.05, 0.1) is 18.3 Å². The number of benzene rings is 2. The van der Waals surface area contributed by atoms with Gasteiger partial charge in [-0.1, -0.05) is 12.1 Å². The summed E-state index contributed by atoms with van der Waals surface area (Å²) < 4.78 is 18.3. The zero-order chi connectivity index (χ0) is 18.9. The maximum Gasteiger partial charge on any atom is 0.312 e. The van der Waals surface area contributed by atoms with Crippen molar-refractivity contribution in [1.82, 2.24) is 5.32 Å². The van der Waals surface area contributed by atoms with E-state index in [1.807, 2.05) is 31.2 Å². The lowest BCUT2D eigenvalue weighted by molar-refractivity contribution is -0.138. The molecule has 0 radical (unpaired) electrons. The Balaban J connectivity index is 1.84. The molecule has 2 N–H and O–H groups in total. The fourth-order valence-electron chi connectivity index (χ4n) is 2.26. The molecule has 0 spiro atoms. The van der Waals surface area contributed by atoms with E-state index in [0.29, 0.717) is 12.2 Å². The molecule has 0 aliphatic rings. The van der Waals surface area contributed by atoms with Crippen molar-refractivity contribution in [2.45, 2.75) is 17.7 Å². The van der Waals surface area contributed by atoms with Crippen LogP contribution in [0.25, 0.3) is 0 Å². The van der Waals surface area contributed by atoms with Crippen molar-refractivity contribution in [3.63, 3.8) is 0 Å². The largest absolute Gasteiger partial charge is 0.494 e. The second kappa shape index (κ2) is 9.82. The number of ether oxygens (including phenoxy) is 1. The van der Waals surface area contributed by atoms with Crippen molar-refractivity contribution < 1.29 is 23.8 Å². The highest BCUT2D eigenvalue weighted by Gasteiger charge is 2.20. The summed E-state index contributed by atoms with van der Waals surface area (Å²) in [5, 5.41) is 11.9. The quantitative estimate of drug-likeness (QED) is 0.656. The number of carboxylic acid groups (broad SMARTS) is 1. The van der Waals surface area contributed by atoms with E-state index < -0.39 is 17.7 Å². The third-order valence-corrected chi connectivity index (χ3v) is 4.59. The minimum atomic E-state index is -1.07. The molecule has 1 atom stereocenters. The molecule has 2 aromatic carbocycles. The van der Waals surface area contributed by atoms with E-state index in [-0.39, 0.29) is 18.2 Å². The Morgan fingerprint density at radius 3 is 2.38 bits per heavy atom. The number of hydrogen-bond acceptors (Lipinski definition) is 4. The zero-order valence-corrected chi connectivity index (χ0v) is 15.1. The van der Waals surface area contributed by atoms with Gasteiger partial charge in [-0.3, -0.25) is 9.59 Å². The number of carbonyl (C=O) groups excluding carboxylic acids is 1. The molecule has 0 heterocycles. The summed E-state index contributed by atoms with van der Waals surface area (Å²) in [6.07, 6.45) is 0. The van der Waals surface area contributed by atoms with Crippen LogP contribution in [0.3, 0.4) is 0 Å². The van der Waals surface area contributed by atoms with E-state index >= 15 is 0 Å². The number of amides is 1. The fraction of sp³-hybridized carbons (Fsp3) is 0.263. The molecule has 0 aliphatic heterocycles. The maximum atomic E-state index is 13.0. The van der Waals surface area contributed by atoms with Crippen molar-refractivity contribution in [3.05, 3.63) is 59.9 Å². The van der Waals surface area contributed by atoms with Gasteiger partial charge in [0, 0.05) is 11.4 Å². The third kappa shape index (κ3) is 6.07. The molecule has 0 saturated carbocycles. The Labute approximate surface area is 155 Å². The second-order valence-corrected chi connectivity index (χ2v) is 6.49. The molecule has 2 rings (SSSR count). The number of aliphatic carboxylic acids is 1. The number of halogens is 1. The number of hydrogen-bond donors (Lipinski definition) is 2. The predicted molar refractivity (Wildman–Crippen MR) is 98.1 cm³/mol. The average Bonchev–Trinajstić information content (AvgIpc) is 2.63. The van der Waals surface area contributed by atoms with Crippen LogP contribution >= 0.6 is 11.8 Å². The molecular formula is C19H20FNO4S. The fourth-order valence-corrected chi connectivity index (χ4v) is 2.99. The van der Waals surface area contributed by atoms with Crippen LogP contribution in [0.15, 0.2) is 53.4 Å². The van der Waals surface area contributed by atoms with Crippen molar-refractivity contribution >= 4 is 23.6 Å². The summed E-state index contributed by atoms with van der Waals surface area (Å²) in [7, 11) is 0. The van der Waals surface area contributed by atoms with E-state index in [1.165, 1.54) is 36.0 Å². The Kier molecular flexibility index (Phi) is 7.47. The standard InChI is InChI=1S/C19H20FNO4S/c1-2-25-15-7-9-16(10-8-15)26-12-18(22)21-11-17(19(23)24)13-3-5-14(20)6-4-13/h3-10,17H,2,11-12H2,1H3,(H,21,22)(H,23,24). The summed E-state index contributed by atoms with van der Waals surface area (Å²) in [4.78, 5) is 24.3. The Bertz CT molecular complexity index is 734. The van der Waals surface area contributed by atoms with Gasteiger partial charge in [-0.05, 0) is 48.9 Å². The molecule has 0 saturated heterocycles. The van der Waals surface area contributed by atoms with Crippen LogP contribution in [0.4, 0.5) is 4.39 Å². The molecule has 2 aromatic rings. The predicted octanol–water partition coefficient (Wildman–Crippen LogP) is 3.30. The molecule has 0 fully saturated rings. The van der Waals surface area contributed by atoms with Gasteiger partial charge in [0.15, 0.2) is 0 Å². The Morgan fingerprint density at radius 1 is 1.15 bits per heavy atom. The van der Waals surface area contributed by atoms with Gasteiger partial charge >= 0.3 is 5.97 Å². The average molecular weight is 377 g/mol. The first kappa shape index (κ1) is 19.8. The highest BCUT2D eigenvalue weighted by molar-refractivity contribution is 8.00. The Morgan fingerprint density at radius 2 is 1.81 bits per heavy atom. The Hall–Kier alpha value is -2.54. The van der Waals surface area contributed by atoms with Crippen molar-refractivity contribution in [1.29, 1.82) is 0 Å². The first-order chi connectivity index (χ1) is 12.5. The van der Waals surface area contributed by atoms with Gasteiger partial charge in [-0.25, -0.2) is 4.39 Å². The molecule has 1 unspecified atom stereocenters. The van der Waals surface area contributed by atoms with Gasteiger partial charge in [-0.2, -0.15) is 0 Å². The lowest BCUT2D eigenvalue weighted by atomic mass is 9.99. The molecule has 1 amide bonds. The highest BCUT2D eigenvalue weighted by atomic mass is 32.2. The van der Waals surface area contributed by atoms with Crippen LogP contribution in [-0.2, 0) is 9.59 Å². The van der Waals surface area contributed by atoms with Crippen molar-refractivity contribution in [2.24, 2.45) is 0 Å². The molecule has 0 bridgehead atoms. The van der Waals surface area contributed by atoms with Gasteiger partial charge < -0.3 is 15.2 Å². The lowest BCUT2D eigenvalue weighted by Crippen LogP contribution is -2.32. The number of carbonyl (C=O) groups is 2. The van der Waals surface area contributed by atoms with Crippen molar-refractivity contribution in [3.8, 4) is 5.75 Å². The summed E-state index contributed by atoms with van der Waals surface area (Å²) in [6.45, 7) is 2.45. The molecule has 0 aliphatic carbocycles. The molecule has 5 nitrogen and oxygen atoms in total. The van der Waals surface area contributed by atoms with E-state index in [4.69, 9.17) is 4.74 Å². The first-order valence-electron chi connectivity index (χ1n) is 8.10. The normalized spacial score (nSPS) is 11.6. The van der Waals surface area contributed by atoms with Crippen LogP contribution in [0.1, 0.15) is 18.4 Å². The zero-order valence-electron chi connectivity index (χ0n) is 14.3. The number of rotatable bonds is 9. The molecule has 0 aromatic heterocycles. The minimum Gasteiger partial charge on any atom is -0.494 e. The number of thioether (sulfide) groups is 1. The molecule has 7 heteroatoms. The maximum absolute atomic E-state index is 13.0. The first-order valence-corrected chi connectivity index (χ1v) is 9.08. The van der Waals surface area contributed by atoms with Crippen LogP contribution in [-0.4, -0.2) is 35.9 Å². The van der Waals surface area contributed by atoms with Crippen LogP contribution in [0, 0.1) is 5.82 Å². The van der Waals surface area contributed by atoms with Gasteiger partial charge in [0.2, 0.25) is 5.91 Å². The third-order valence-electron chi connectivity index (χ3n) is 3.58. The van der Waals surface area contributed by atoms with Crippen molar-refractivity contribution in [2.75, 3.05) is 18.9 Å². The summed E-state index contributed by atoms with van der Waals surface area (Å²) >= 11 is 1.35. The van der Waals surface area contributed by atoms with Crippen LogP contribution in [0.2, 0.25) is 0 Å². The van der Waals surface area contributed by atoms with E-state index in [0.717, 1.165) is 10.6 Å². The minimum absolute atomic E-state index is 0.0519. The van der Waals surface area contributed by atoms with Crippen LogP contribution in [0.5, 0.6) is 5.75 Å². The van der Waals surface area contributed by atoms with Gasteiger partial charge in [0.1, 0.15) is 11.6 Å². The summed E-state index contributed by atoms with van der Waals surface area (Å²) in [6, 6.07) is 12.6. The highest BCUT2D eigenvalue weighted by Crippen LogP contribution is 2.21. The number of nitrogens with one attached hydrogen (secondary N) is 1. The van der Waals surface area contributed by atoms with E-state index in [9.17, 15) is 19.1 Å². The smallest absolute Gasteiger partial charge is 0.312 e. The molecular weight excluding hydrogens is 357 g/mol. The van der Waals surface area contributed by atoms with E-state index in [2.05, 4.69) is 5.32 Å². The second-order valence-electron chi connectivity index (χ2n) is 5.44. The SMILES string of the molecule is CCOc1ccc(SCC(=O)NCC(C(=O)O)c2ccc(F)cc2)cc1.